The van der Waals surface area contributed by atoms with Crippen LogP contribution in [0, 0.1) is 17.0 Å². The molecule has 2 aromatic rings. The number of nitrogens with zero attached hydrogens (tertiary/aromatic N) is 2. The maximum atomic E-state index is 12.9. The number of carbonyl (C=O) groups is 2. The summed E-state index contributed by atoms with van der Waals surface area (Å²) in [6.07, 6.45) is 1.20. The number of carbonyl (C=O) groups excluding carboxylic acids is 2. The number of amides is 2. The normalized spacial score (nSPS) is 16.1. The van der Waals surface area contributed by atoms with Crippen molar-refractivity contribution in [2.45, 2.75) is 25.8 Å². The van der Waals surface area contributed by atoms with Gasteiger partial charge in [-0.25, -0.2) is 0 Å². The van der Waals surface area contributed by atoms with Crippen LogP contribution in [0.25, 0.3) is 0 Å². The lowest BCUT2D eigenvalue weighted by Crippen LogP contribution is -2.43. The van der Waals surface area contributed by atoms with E-state index in [0.717, 1.165) is 0 Å². The van der Waals surface area contributed by atoms with Crippen LogP contribution in [0.1, 0.15) is 28.8 Å². The summed E-state index contributed by atoms with van der Waals surface area (Å²) in [5.41, 5.74) is 1.03. The summed E-state index contributed by atoms with van der Waals surface area (Å²) in [5, 5.41) is 14.5. The third kappa shape index (κ3) is 4.10. The van der Waals surface area contributed by atoms with Gasteiger partial charge in [-0.2, -0.15) is 0 Å². The van der Waals surface area contributed by atoms with Crippen LogP contribution in [0.15, 0.2) is 36.4 Å². The molecule has 1 atom stereocenters. The molecule has 7 nitrogen and oxygen atoms in total. The van der Waals surface area contributed by atoms with Gasteiger partial charge < -0.3 is 10.2 Å². The highest BCUT2D eigenvalue weighted by Crippen LogP contribution is 2.28. The minimum Gasteiger partial charge on any atom is -0.327 e. The predicted molar refractivity (Wildman–Crippen MR) is 107 cm³/mol. The molecule has 1 N–H and O–H groups in total. The number of aryl methyl sites for hydroxylation is 1. The topological polar surface area (TPSA) is 92.6 Å². The minimum absolute atomic E-state index is 0.0529. The van der Waals surface area contributed by atoms with Gasteiger partial charge in [0.2, 0.25) is 5.91 Å². The molecule has 0 aliphatic carbocycles. The Labute approximate surface area is 171 Å². The maximum Gasteiger partial charge on any atom is 0.272 e. The summed E-state index contributed by atoms with van der Waals surface area (Å²) in [5.74, 6) is -0.693. The fourth-order valence-corrected chi connectivity index (χ4v) is 3.59. The second kappa shape index (κ2) is 8.16. The number of hydrogen-bond donors (Lipinski definition) is 1. The zero-order chi connectivity index (χ0) is 20.4. The molecule has 0 radical (unpaired) electrons. The van der Waals surface area contributed by atoms with Crippen molar-refractivity contribution in [3.63, 3.8) is 0 Å². The highest BCUT2D eigenvalue weighted by molar-refractivity contribution is 6.35. The summed E-state index contributed by atoms with van der Waals surface area (Å²) < 4.78 is 0. The Kier molecular flexibility index (Phi) is 5.86. The standard InChI is InChI=1S/C19H17Cl2N3O4/c1-11-9-12(4-7-16(11)24(27)28)19(26)23-8-2-3-17(23)18(25)22-15-10-13(20)5-6-14(15)21/h4-7,9-10,17H,2-3,8H2,1H3,(H,22,25). The first-order chi connectivity index (χ1) is 13.3. The van der Waals surface area contributed by atoms with Gasteiger partial charge in [0, 0.05) is 28.8 Å². The van der Waals surface area contributed by atoms with Crippen LogP contribution in [-0.2, 0) is 4.79 Å². The second-order valence-corrected chi connectivity index (χ2v) is 7.37. The molecule has 2 aromatic carbocycles. The number of rotatable bonds is 4. The lowest BCUT2D eigenvalue weighted by Gasteiger charge is -2.24. The monoisotopic (exact) mass is 421 g/mol. The molecule has 0 saturated carbocycles. The van der Waals surface area contributed by atoms with Gasteiger partial charge in [0.15, 0.2) is 0 Å². The van der Waals surface area contributed by atoms with Crippen LogP contribution in [-0.4, -0.2) is 34.2 Å². The van der Waals surface area contributed by atoms with E-state index in [0.29, 0.717) is 46.2 Å². The largest absolute Gasteiger partial charge is 0.327 e. The Morgan fingerprint density at radius 2 is 1.96 bits per heavy atom. The van der Waals surface area contributed by atoms with Crippen LogP contribution in [0.4, 0.5) is 11.4 Å². The first-order valence-electron chi connectivity index (χ1n) is 8.60. The minimum atomic E-state index is -0.655. The number of likely N-dealkylation sites (tertiary alicyclic amines) is 1. The summed E-state index contributed by atoms with van der Waals surface area (Å²) in [6.45, 7) is 2.00. The number of anilines is 1. The molecule has 1 saturated heterocycles. The SMILES string of the molecule is Cc1cc(C(=O)N2CCCC2C(=O)Nc2cc(Cl)ccc2Cl)ccc1[N+](=O)[O-]. The van der Waals surface area contributed by atoms with Gasteiger partial charge in [0.05, 0.1) is 15.6 Å². The van der Waals surface area contributed by atoms with E-state index in [4.69, 9.17) is 23.2 Å². The molecule has 0 aromatic heterocycles. The quantitative estimate of drug-likeness (QED) is 0.582. The molecule has 1 unspecified atom stereocenters. The van der Waals surface area contributed by atoms with Crippen LogP contribution >= 0.6 is 23.2 Å². The van der Waals surface area contributed by atoms with Crippen molar-refractivity contribution in [1.82, 2.24) is 4.90 Å². The molecule has 0 bridgehead atoms. The van der Waals surface area contributed by atoms with E-state index >= 15 is 0 Å². The smallest absolute Gasteiger partial charge is 0.272 e. The van der Waals surface area contributed by atoms with Crippen LogP contribution in [0.3, 0.4) is 0 Å². The van der Waals surface area contributed by atoms with Crippen molar-refractivity contribution in [3.8, 4) is 0 Å². The average molecular weight is 422 g/mol. The van der Waals surface area contributed by atoms with Gasteiger partial charge in [-0.15, -0.1) is 0 Å². The molecular formula is C19H17Cl2N3O4. The molecule has 1 fully saturated rings. The van der Waals surface area contributed by atoms with E-state index in [1.807, 2.05) is 0 Å². The van der Waals surface area contributed by atoms with Crippen LogP contribution in [0.5, 0.6) is 0 Å². The summed E-state index contributed by atoms with van der Waals surface area (Å²) in [6, 6.07) is 8.27. The van der Waals surface area contributed by atoms with E-state index < -0.39 is 11.0 Å². The maximum absolute atomic E-state index is 12.9. The lowest BCUT2D eigenvalue weighted by molar-refractivity contribution is -0.385. The van der Waals surface area contributed by atoms with E-state index in [2.05, 4.69) is 5.32 Å². The second-order valence-electron chi connectivity index (χ2n) is 6.53. The Morgan fingerprint density at radius 1 is 1.21 bits per heavy atom. The van der Waals surface area contributed by atoms with Crippen LogP contribution < -0.4 is 5.32 Å². The third-order valence-electron chi connectivity index (χ3n) is 4.64. The van der Waals surface area contributed by atoms with E-state index in [9.17, 15) is 19.7 Å². The van der Waals surface area contributed by atoms with Gasteiger partial charge in [0.25, 0.3) is 11.6 Å². The van der Waals surface area contributed by atoms with Gasteiger partial charge in [-0.05, 0) is 50.1 Å². The Morgan fingerprint density at radius 3 is 2.64 bits per heavy atom. The van der Waals surface area contributed by atoms with E-state index in [-0.39, 0.29) is 17.5 Å². The number of benzene rings is 2. The molecule has 1 aliphatic heterocycles. The van der Waals surface area contributed by atoms with Crippen LogP contribution in [0.2, 0.25) is 10.0 Å². The van der Waals surface area contributed by atoms with Crippen molar-refractivity contribution in [1.29, 1.82) is 0 Å². The third-order valence-corrected chi connectivity index (χ3v) is 5.21. The summed E-state index contributed by atoms with van der Waals surface area (Å²) in [7, 11) is 0. The van der Waals surface area contributed by atoms with Gasteiger partial charge in [-0.3, -0.25) is 19.7 Å². The van der Waals surface area contributed by atoms with E-state index in [1.54, 1.807) is 25.1 Å². The number of halogens is 2. The average Bonchev–Trinajstić information content (AvgIpc) is 3.13. The Balaban J connectivity index is 1.79. The molecule has 1 heterocycles. The lowest BCUT2D eigenvalue weighted by atomic mass is 10.1. The molecule has 28 heavy (non-hydrogen) atoms. The molecule has 1 aliphatic rings. The van der Waals surface area contributed by atoms with Gasteiger partial charge in [-0.1, -0.05) is 23.2 Å². The molecule has 0 spiro atoms. The number of hydrogen-bond acceptors (Lipinski definition) is 4. The first kappa shape index (κ1) is 20.1. The van der Waals surface area contributed by atoms with Crippen molar-refractivity contribution in [2.24, 2.45) is 0 Å². The highest BCUT2D eigenvalue weighted by Gasteiger charge is 2.35. The Bertz CT molecular complexity index is 964. The van der Waals surface area contributed by atoms with E-state index in [1.165, 1.54) is 23.1 Å². The highest BCUT2D eigenvalue weighted by atomic mass is 35.5. The molecule has 146 valence electrons. The first-order valence-corrected chi connectivity index (χ1v) is 9.35. The van der Waals surface area contributed by atoms with Crippen molar-refractivity contribution < 1.29 is 14.5 Å². The zero-order valence-electron chi connectivity index (χ0n) is 14.9. The van der Waals surface area contributed by atoms with Crippen molar-refractivity contribution in [2.75, 3.05) is 11.9 Å². The molecule has 9 heteroatoms. The molecule has 2 amide bonds. The Hall–Kier alpha value is -2.64. The number of nitrogens with one attached hydrogen (secondary N) is 1. The summed E-state index contributed by atoms with van der Waals surface area (Å²) in [4.78, 5) is 37.6. The van der Waals surface area contributed by atoms with Gasteiger partial charge in [0.1, 0.15) is 6.04 Å². The van der Waals surface area contributed by atoms with Crippen molar-refractivity contribution >= 4 is 46.4 Å². The van der Waals surface area contributed by atoms with Gasteiger partial charge >= 0.3 is 0 Å². The zero-order valence-corrected chi connectivity index (χ0v) is 16.5. The van der Waals surface area contributed by atoms with Crippen molar-refractivity contribution in [3.05, 3.63) is 67.7 Å². The summed E-state index contributed by atoms with van der Waals surface area (Å²) >= 11 is 12.0. The molecular weight excluding hydrogens is 405 g/mol. The predicted octanol–water partition coefficient (Wildman–Crippen LogP) is 4.45. The number of nitro groups is 1. The fraction of sp³-hybridized carbons (Fsp3) is 0.263. The number of nitro benzene ring substituents is 1. The fourth-order valence-electron chi connectivity index (χ4n) is 3.25. The molecule has 3 rings (SSSR count).